The average Bonchev–Trinajstić information content (AvgIpc) is 3.06. The first kappa shape index (κ1) is 17.2. The van der Waals surface area contributed by atoms with Crippen LogP contribution in [0.2, 0.25) is 0 Å². The fraction of sp³-hybridized carbons (Fsp3) is 0.474. The van der Waals surface area contributed by atoms with Gasteiger partial charge in [0.2, 0.25) is 5.91 Å². The van der Waals surface area contributed by atoms with Crippen LogP contribution in [0.4, 0.5) is 5.69 Å². The van der Waals surface area contributed by atoms with Crippen molar-refractivity contribution in [3.05, 3.63) is 39.4 Å². The number of aryl methyl sites for hydroxylation is 1. The van der Waals surface area contributed by atoms with Crippen molar-refractivity contribution in [2.75, 3.05) is 5.32 Å². The summed E-state index contributed by atoms with van der Waals surface area (Å²) in [7, 11) is 0. The van der Waals surface area contributed by atoms with Crippen LogP contribution < -0.4 is 5.32 Å². The van der Waals surface area contributed by atoms with Crippen LogP contribution >= 0.6 is 15.9 Å². The molecule has 1 aromatic carbocycles. The second-order valence-corrected chi connectivity index (χ2v) is 7.94. The molecule has 0 unspecified atom stereocenters. The first-order chi connectivity index (χ1) is 11.3. The lowest BCUT2D eigenvalue weighted by atomic mass is 9.78. The molecule has 2 bridgehead atoms. The van der Waals surface area contributed by atoms with Gasteiger partial charge in [-0.2, -0.15) is 0 Å². The van der Waals surface area contributed by atoms with Crippen molar-refractivity contribution >= 4 is 33.5 Å². The third kappa shape index (κ3) is 2.79. The van der Waals surface area contributed by atoms with Crippen LogP contribution in [0.3, 0.4) is 0 Å². The first-order valence-corrected chi connectivity index (χ1v) is 9.07. The van der Waals surface area contributed by atoms with Gasteiger partial charge < -0.3 is 10.4 Å². The van der Waals surface area contributed by atoms with E-state index in [1.165, 1.54) is 11.1 Å². The average molecular weight is 392 g/mol. The summed E-state index contributed by atoms with van der Waals surface area (Å²) >= 11 is 3.44. The highest BCUT2D eigenvalue weighted by molar-refractivity contribution is 9.10. The highest BCUT2D eigenvalue weighted by Crippen LogP contribution is 2.57. The van der Waals surface area contributed by atoms with Crippen LogP contribution in [0.1, 0.15) is 32.3 Å². The lowest BCUT2D eigenvalue weighted by molar-refractivity contribution is -0.148. The van der Waals surface area contributed by atoms with Crippen LogP contribution in [0, 0.1) is 30.6 Å². The Bertz CT molecular complexity index is 736. The Morgan fingerprint density at radius 2 is 1.79 bits per heavy atom. The molecule has 4 atom stereocenters. The quantitative estimate of drug-likeness (QED) is 0.750. The monoisotopic (exact) mass is 391 g/mol. The number of rotatable bonds is 3. The maximum absolute atomic E-state index is 12.9. The highest BCUT2D eigenvalue weighted by Gasteiger charge is 2.57. The number of hydrogen-bond donors (Lipinski definition) is 2. The molecule has 24 heavy (non-hydrogen) atoms. The number of carboxylic acids is 1. The molecule has 2 aliphatic rings. The fourth-order valence-electron chi connectivity index (χ4n) is 4.55. The van der Waals surface area contributed by atoms with Gasteiger partial charge in [-0.15, -0.1) is 0 Å². The molecule has 1 aromatic rings. The van der Waals surface area contributed by atoms with Gasteiger partial charge in [0.15, 0.2) is 0 Å². The molecule has 2 fully saturated rings. The molecule has 1 amide bonds. The molecule has 2 saturated carbocycles. The molecular formula is C19H22BrNO3. The van der Waals surface area contributed by atoms with Gasteiger partial charge in [0.25, 0.3) is 0 Å². The molecule has 2 aliphatic carbocycles. The molecule has 5 heteroatoms. The Balaban J connectivity index is 1.89. The smallest absolute Gasteiger partial charge is 0.307 e. The van der Waals surface area contributed by atoms with Crippen molar-refractivity contribution in [1.29, 1.82) is 0 Å². The third-order valence-electron chi connectivity index (χ3n) is 5.43. The number of allylic oxidation sites excluding steroid dienone is 2. The van der Waals surface area contributed by atoms with Crippen molar-refractivity contribution in [3.63, 3.8) is 0 Å². The van der Waals surface area contributed by atoms with Crippen molar-refractivity contribution in [3.8, 4) is 0 Å². The summed E-state index contributed by atoms with van der Waals surface area (Å²) in [6, 6.07) is 5.62. The number of halogens is 1. The number of fused-ring (bicyclic) bond motifs is 2. The van der Waals surface area contributed by atoms with Gasteiger partial charge in [0.1, 0.15) is 0 Å². The third-order valence-corrected chi connectivity index (χ3v) is 6.32. The second kappa shape index (κ2) is 6.36. The van der Waals surface area contributed by atoms with Gasteiger partial charge in [-0.05, 0) is 69.2 Å². The van der Waals surface area contributed by atoms with Gasteiger partial charge in [0, 0.05) is 10.2 Å². The summed E-state index contributed by atoms with van der Waals surface area (Å²) < 4.78 is 0.982. The molecule has 3 rings (SSSR count). The van der Waals surface area contributed by atoms with E-state index < -0.39 is 17.8 Å². The lowest BCUT2D eigenvalue weighted by Crippen LogP contribution is -2.37. The zero-order chi connectivity index (χ0) is 17.6. The minimum atomic E-state index is -0.854. The van der Waals surface area contributed by atoms with Crippen molar-refractivity contribution in [2.24, 2.45) is 23.7 Å². The standard InChI is InChI=1S/C19H22BrNO3/c1-9(2)15-12-5-6-13(15)17(19(23)24)16(12)18(22)21-11-4-7-14(20)10(3)8-11/h4,7-8,12-13,16-17H,5-6H2,1-3H3,(H,21,22)(H,23,24)/t12-,13+,16-,17-/m0/s1. The number of carboxylic acid groups (broad SMARTS) is 1. The minimum absolute atomic E-state index is 0.0138. The second-order valence-electron chi connectivity index (χ2n) is 7.09. The number of carbonyl (C=O) groups excluding carboxylic acids is 1. The summed E-state index contributed by atoms with van der Waals surface area (Å²) in [5.41, 5.74) is 4.12. The number of amides is 1. The van der Waals surface area contributed by atoms with E-state index in [-0.39, 0.29) is 17.7 Å². The summed E-state index contributed by atoms with van der Waals surface area (Å²) in [6.07, 6.45) is 1.79. The van der Waals surface area contributed by atoms with Gasteiger partial charge in [-0.1, -0.05) is 27.1 Å². The summed E-state index contributed by atoms with van der Waals surface area (Å²) in [4.78, 5) is 24.7. The van der Waals surface area contributed by atoms with E-state index in [0.717, 1.165) is 22.9 Å². The molecule has 0 aromatic heterocycles. The molecule has 0 heterocycles. The number of nitrogens with one attached hydrogen (secondary N) is 1. The normalized spacial score (nSPS) is 28.1. The van der Waals surface area contributed by atoms with Gasteiger partial charge >= 0.3 is 5.97 Å². The van der Waals surface area contributed by atoms with E-state index in [1.54, 1.807) is 0 Å². The topological polar surface area (TPSA) is 66.4 Å². The number of anilines is 1. The zero-order valence-corrected chi connectivity index (χ0v) is 15.7. The van der Waals surface area contributed by atoms with Crippen molar-refractivity contribution < 1.29 is 14.7 Å². The van der Waals surface area contributed by atoms with Crippen LogP contribution in [0.5, 0.6) is 0 Å². The van der Waals surface area contributed by atoms with E-state index in [4.69, 9.17) is 0 Å². The number of hydrogen-bond acceptors (Lipinski definition) is 2. The summed E-state index contributed by atoms with van der Waals surface area (Å²) in [6.45, 7) is 6.01. The predicted octanol–water partition coefficient (Wildman–Crippen LogP) is 4.39. The zero-order valence-electron chi connectivity index (χ0n) is 14.1. The molecule has 0 spiro atoms. The molecule has 2 N–H and O–H groups in total. The number of aliphatic carboxylic acids is 1. The van der Waals surface area contributed by atoms with Crippen LogP contribution in [0.25, 0.3) is 0 Å². The van der Waals surface area contributed by atoms with E-state index in [9.17, 15) is 14.7 Å². The fourth-order valence-corrected chi connectivity index (χ4v) is 4.80. The molecule has 0 aliphatic heterocycles. The molecular weight excluding hydrogens is 370 g/mol. The summed E-state index contributed by atoms with van der Waals surface area (Å²) in [5, 5.41) is 12.6. The molecule has 128 valence electrons. The van der Waals surface area contributed by atoms with Crippen molar-refractivity contribution in [1.82, 2.24) is 0 Å². The van der Waals surface area contributed by atoms with E-state index in [0.29, 0.717) is 5.69 Å². The SMILES string of the molecule is CC(C)=C1[C@H]2CC[C@@H]1[C@H](C(=O)Nc1ccc(Br)c(C)c1)[C@H]2C(=O)O. The number of benzene rings is 1. The largest absolute Gasteiger partial charge is 0.481 e. The van der Waals surface area contributed by atoms with Crippen LogP contribution in [0.15, 0.2) is 33.8 Å². The van der Waals surface area contributed by atoms with E-state index in [1.807, 2.05) is 39.0 Å². The van der Waals surface area contributed by atoms with Crippen LogP contribution in [-0.2, 0) is 9.59 Å². The van der Waals surface area contributed by atoms with Crippen molar-refractivity contribution in [2.45, 2.75) is 33.6 Å². The maximum atomic E-state index is 12.9. The first-order valence-electron chi connectivity index (χ1n) is 8.28. The molecule has 0 radical (unpaired) electrons. The summed E-state index contributed by atoms with van der Waals surface area (Å²) in [5.74, 6) is -2.03. The van der Waals surface area contributed by atoms with E-state index >= 15 is 0 Å². The Kier molecular flexibility index (Phi) is 4.56. The van der Waals surface area contributed by atoms with Gasteiger partial charge in [0.05, 0.1) is 11.8 Å². The van der Waals surface area contributed by atoms with Gasteiger partial charge in [-0.3, -0.25) is 9.59 Å². The Hall–Kier alpha value is -1.62. The Labute approximate surface area is 150 Å². The maximum Gasteiger partial charge on any atom is 0.307 e. The van der Waals surface area contributed by atoms with E-state index in [2.05, 4.69) is 21.2 Å². The van der Waals surface area contributed by atoms with Gasteiger partial charge in [-0.25, -0.2) is 0 Å². The minimum Gasteiger partial charge on any atom is -0.481 e. The van der Waals surface area contributed by atoms with Crippen LogP contribution in [-0.4, -0.2) is 17.0 Å². The Morgan fingerprint density at radius 3 is 2.33 bits per heavy atom. The molecule has 0 saturated heterocycles. The molecule has 4 nitrogen and oxygen atoms in total. The lowest BCUT2D eigenvalue weighted by Gasteiger charge is -2.26. The predicted molar refractivity (Wildman–Crippen MR) is 96.7 cm³/mol. The Morgan fingerprint density at radius 1 is 1.17 bits per heavy atom. The highest BCUT2D eigenvalue weighted by atomic mass is 79.9. The number of carbonyl (C=O) groups is 2.